The first kappa shape index (κ1) is 12.0. The number of nitrogens with one attached hydrogen (secondary N) is 1. The molecule has 1 heterocycles. The van der Waals surface area contributed by atoms with Gasteiger partial charge in [-0.1, -0.05) is 30.3 Å². The summed E-state index contributed by atoms with van der Waals surface area (Å²) in [6.07, 6.45) is 0. The number of hydrogen-bond acceptors (Lipinski definition) is 2. The van der Waals surface area contributed by atoms with Crippen LogP contribution in [0.4, 0.5) is 0 Å². The van der Waals surface area contributed by atoms with Gasteiger partial charge in [0.25, 0.3) is 0 Å². The van der Waals surface area contributed by atoms with Gasteiger partial charge in [-0.2, -0.15) is 0 Å². The van der Waals surface area contributed by atoms with Crippen molar-refractivity contribution in [1.29, 1.82) is 0 Å². The summed E-state index contributed by atoms with van der Waals surface area (Å²) in [6.45, 7) is 0.862. The standard InChI is InChI=1S/C14H13NO.ClH/c1-15-9-10-5-4-8-13-14(10)11-6-2-3-7-12(11)16-13;/h2-8,15H,9H2,1H3;1H. The molecule has 3 heteroatoms. The number of benzene rings is 2. The van der Waals surface area contributed by atoms with E-state index in [-0.39, 0.29) is 12.4 Å². The van der Waals surface area contributed by atoms with Crippen LogP contribution >= 0.6 is 12.4 Å². The molecule has 0 atom stereocenters. The van der Waals surface area contributed by atoms with Crippen molar-refractivity contribution in [2.24, 2.45) is 0 Å². The summed E-state index contributed by atoms with van der Waals surface area (Å²) in [5, 5.41) is 5.62. The third-order valence-corrected chi connectivity index (χ3v) is 2.86. The molecule has 3 rings (SSSR count). The lowest BCUT2D eigenvalue weighted by molar-refractivity contribution is 0.668. The lowest BCUT2D eigenvalue weighted by Gasteiger charge is -2.01. The largest absolute Gasteiger partial charge is 0.456 e. The number of halogens is 1. The van der Waals surface area contributed by atoms with E-state index in [1.165, 1.54) is 16.3 Å². The monoisotopic (exact) mass is 247 g/mol. The van der Waals surface area contributed by atoms with Crippen molar-refractivity contribution in [3.8, 4) is 0 Å². The Labute approximate surface area is 106 Å². The Morgan fingerprint density at radius 3 is 2.59 bits per heavy atom. The molecule has 0 saturated carbocycles. The van der Waals surface area contributed by atoms with Gasteiger partial charge in [0.2, 0.25) is 0 Å². The van der Waals surface area contributed by atoms with Crippen LogP contribution in [-0.4, -0.2) is 7.05 Å². The molecule has 0 aliphatic heterocycles. The van der Waals surface area contributed by atoms with Crippen LogP contribution in [-0.2, 0) is 6.54 Å². The van der Waals surface area contributed by atoms with E-state index >= 15 is 0 Å². The molecule has 1 N–H and O–H groups in total. The maximum absolute atomic E-state index is 5.81. The van der Waals surface area contributed by atoms with Crippen molar-refractivity contribution in [3.63, 3.8) is 0 Å². The smallest absolute Gasteiger partial charge is 0.135 e. The van der Waals surface area contributed by atoms with Gasteiger partial charge in [0.05, 0.1) is 0 Å². The molecule has 0 radical (unpaired) electrons. The molecule has 0 unspecified atom stereocenters. The maximum atomic E-state index is 5.81. The topological polar surface area (TPSA) is 25.2 Å². The second-order valence-corrected chi connectivity index (χ2v) is 3.92. The van der Waals surface area contributed by atoms with E-state index in [0.717, 1.165) is 17.7 Å². The van der Waals surface area contributed by atoms with Gasteiger partial charge in [-0.15, -0.1) is 12.4 Å². The van der Waals surface area contributed by atoms with Gasteiger partial charge in [0.15, 0.2) is 0 Å². The fourth-order valence-corrected chi connectivity index (χ4v) is 2.19. The van der Waals surface area contributed by atoms with Gasteiger partial charge in [0, 0.05) is 17.3 Å². The van der Waals surface area contributed by atoms with Crippen molar-refractivity contribution in [1.82, 2.24) is 5.32 Å². The average molecular weight is 248 g/mol. The third-order valence-electron chi connectivity index (χ3n) is 2.86. The highest BCUT2D eigenvalue weighted by Gasteiger charge is 2.09. The molecule has 17 heavy (non-hydrogen) atoms. The summed E-state index contributed by atoms with van der Waals surface area (Å²) in [5.41, 5.74) is 3.21. The molecule has 0 spiro atoms. The van der Waals surface area contributed by atoms with Gasteiger partial charge in [-0.3, -0.25) is 0 Å². The predicted octanol–water partition coefficient (Wildman–Crippen LogP) is 3.73. The van der Waals surface area contributed by atoms with Gasteiger partial charge < -0.3 is 9.73 Å². The lowest BCUT2D eigenvalue weighted by atomic mass is 10.1. The third kappa shape index (κ3) is 1.90. The van der Waals surface area contributed by atoms with Crippen LogP contribution < -0.4 is 5.32 Å². The van der Waals surface area contributed by atoms with Gasteiger partial charge in [-0.05, 0) is 24.7 Å². The summed E-state index contributed by atoms with van der Waals surface area (Å²) in [4.78, 5) is 0. The van der Waals surface area contributed by atoms with Crippen molar-refractivity contribution < 1.29 is 4.42 Å². The van der Waals surface area contributed by atoms with Crippen LogP contribution in [0.15, 0.2) is 46.9 Å². The highest BCUT2D eigenvalue weighted by atomic mass is 35.5. The average Bonchev–Trinajstić information content (AvgIpc) is 2.68. The molecule has 0 saturated heterocycles. The zero-order chi connectivity index (χ0) is 11.0. The molecule has 2 aromatic carbocycles. The van der Waals surface area contributed by atoms with Gasteiger partial charge >= 0.3 is 0 Å². The summed E-state index contributed by atoms with van der Waals surface area (Å²) in [6, 6.07) is 14.4. The zero-order valence-corrected chi connectivity index (χ0v) is 10.4. The zero-order valence-electron chi connectivity index (χ0n) is 9.57. The molecule has 88 valence electrons. The van der Waals surface area contributed by atoms with E-state index in [0.29, 0.717) is 0 Å². The Morgan fingerprint density at radius 2 is 1.76 bits per heavy atom. The minimum atomic E-state index is 0. The first-order valence-corrected chi connectivity index (χ1v) is 5.44. The molecule has 3 aromatic rings. The van der Waals surface area contributed by atoms with E-state index in [9.17, 15) is 0 Å². The molecule has 0 aliphatic rings. The van der Waals surface area contributed by atoms with Crippen molar-refractivity contribution in [2.75, 3.05) is 7.05 Å². The van der Waals surface area contributed by atoms with E-state index in [4.69, 9.17) is 4.42 Å². The van der Waals surface area contributed by atoms with Crippen molar-refractivity contribution >= 4 is 34.3 Å². The Kier molecular flexibility index (Phi) is 3.36. The lowest BCUT2D eigenvalue weighted by Crippen LogP contribution is -2.04. The molecule has 0 fully saturated rings. The Bertz CT molecular complexity index is 645. The maximum Gasteiger partial charge on any atom is 0.135 e. The van der Waals surface area contributed by atoms with E-state index < -0.39 is 0 Å². The van der Waals surface area contributed by atoms with E-state index in [2.05, 4.69) is 17.4 Å². The fraction of sp³-hybridized carbons (Fsp3) is 0.143. The first-order valence-electron chi connectivity index (χ1n) is 5.44. The van der Waals surface area contributed by atoms with Crippen LogP contribution in [0.3, 0.4) is 0 Å². The molecule has 0 bridgehead atoms. The number of para-hydroxylation sites is 1. The molecule has 2 nitrogen and oxygen atoms in total. The first-order chi connectivity index (χ1) is 7.90. The number of rotatable bonds is 2. The van der Waals surface area contributed by atoms with Gasteiger partial charge in [-0.25, -0.2) is 0 Å². The Balaban J connectivity index is 0.00000108. The van der Waals surface area contributed by atoms with Crippen LogP contribution in [0.2, 0.25) is 0 Å². The molecular formula is C14H14ClNO. The van der Waals surface area contributed by atoms with Crippen LogP contribution in [0.5, 0.6) is 0 Å². The quantitative estimate of drug-likeness (QED) is 0.747. The number of hydrogen-bond donors (Lipinski definition) is 1. The number of furan rings is 1. The SMILES string of the molecule is CNCc1cccc2oc3ccccc3c12.Cl. The van der Waals surface area contributed by atoms with Gasteiger partial charge in [0.1, 0.15) is 11.2 Å². The minimum Gasteiger partial charge on any atom is -0.456 e. The summed E-state index contributed by atoms with van der Waals surface area (Å²) >= 11 is 0. The summed E-state index contributed by atoms with van der Waals surface area (Å²) in [5.74, 6) is 0. The fourth-order valence-electron chi connectivity index (χ4n) is 2.19. The molecule has 0 aliphatic carbocycles. The summed E-state index contributed by atoms with van der Waals surface area (Å²) in [7, 11) is 1.96. The van der Waals surface area contributed by atoms with Crippen LogP contribution in [0, 0.1) is 0 Å². The predicted molar refractivity (Wildman–Crippen MR) is 73.7 cm³/mol. The normalized spacial score (nSPS) is 10.6. The highest BCUT2D eigenvalue weighted by molar-refractivity contribution is 6.06. The van der Waals surface area contributed by atoms with E-state index in [1.54, 1.807) is 0 Å². The highest BCUT2D eigenvalue weighted by Crippen LogP contribution is 2.30. The Morgan fingerprint density at radius 1 is 1.00 bits per heavy atom. The van der Waals surface area contributed by atoms with Crippen molar-refractivity contribution in [2.45, 2.75) is 6.54 Å². The van der Waals surface area contributed by atoms with Crippen molar-refractivity contribution in [3.05, 3.63) is 48.0 Å². The molecule has 0 amide bonds. The Hall–Kier alpha value is -1.51. The van der Waals surface area contributed by atoms with Crippen LogP contribution in [0.1, 0.15) is 5.56 Å². The molecular weight excluding hydrogens is 234 g/mol. The second kappa shape index (κ2) is 4.78. The van der Waals surface area contributed by atoms with Crippen LogP contribution in [0.25, 0.3) is 21.9 Å². The summed E-state index contributed by atoms with van der Waals surface area (Å²) < 4.78 is 5.81. The second-order valence-electron chi connectivity index (χ2n) is 3.92. The minimum absolute atomic E-state index is 0. The number of fused-ring (bicyclic) bond motifs is 3. The molecule has 1 aromatic heterocycles. The van der Waals surface area contributed by atoms with E-state index in [1.807, 2.05) is 37.4 Å².